The second-order valence-electron chi connectivity index (χ2n) is 9.63. The van der Waals surface area contributed by atoms with Gasteiger partial charge in [-0.3, -0.25) is 9.59 Å². The van der Waals surface area contributed by atoms with Gasteiger partial charge in [0.1, 0.15) is 12.4 Å². The van der Waals surface area contributed by atoms with Crippen LogP contribution in [0.2, 0.25) is 5.02 Å². The van der Waals surface area contributed by atoms with Crippen molar-refractivity contribution in [3.8, 4) is 0 Å². The second kappa shape index (κ2) is 10.8. The van der Waals surface area contributed by atoms with Gasteiger partial charge in [0, 0.05) is 44.4 Å². The molecule has 206 valence electrons. The van der Waals surface area contributed by atoms with Crippen LogP contribution in [0.15, 0.2) is 24.5 Å². The van der Waals surface area contributed by atoms with Crippen molar-refractivity contribution in [3.63, 3.8) is 0 Å². The molecule has 3 heterocycles. The lowest BCUT2D eigenvalue weighted by Gasteiger charge is -2.47. The SMILES string of the molecule is CN(C)C(=O)C1CCN(c2ncnc(N)c2F)CC1N1CCC[C@@H](Nc2cc(Cl)cc(C(F)(F)F)c2)C1=O. The molecule has 0 aliphatic carbocycles. The van der Waals surface area contributed by atoms with E-state index in [4.69, 9.17) is 17.3 Å². The predicted octanol–water partition coefficient (Wildman–Crippen LogP) is 3.26. The lowest BCUT2D eigenvalue weighted by molar-refractivity contribution is -0.143. The number of carbonyl (C=O) groups is 2. The number of nitrogens with one attached hydrogen (secondary N) is 1. The molecule has 1 aromatic carbocycles. The minimum atomic E-state index is -4.60. The van der Waals surface area contributed by atoms with E-state index in [1.165, 1.54) is 11.0 Å². The fourth-order valence-electron chi connectivity index (χ4n) is 5.05. The molecule has 2 fully saturated rings. The molecule has 2 aromatic rings. The zero-order chi connectivity index (χ0) is 27.8. The van der Waals surface area contributed by atoms with E-state index in [-0.39, 0.29) is 40.7 Å². The van der Waals surface area contributed by atoms with Gasteiger partial charge in [0.05, 0.1) is 17.5 Å². The largest absolute Gasteiger partial charge is 0.416 e. The van der Waals surface area contributed by atoms with Gasteiger partial charge in [0.25, 0.3) is 0 Å². The molecule has 2 aliphatic rings. The molecular weight excluding hydrogens is 530 g/mol. The highest BCUT2D eigenvalue weighted by Gasteiger charge is 2.44. The number of anilines is 3. The van der Waals surface area contributed by atoms with Crippen molar-refractivity contribution in [2.45, 2.75) is 37.5 Å². The molecule has 1 aromatic heterocycles. The minimum absolute atomic E-state index is 0.0176. The summed E-state index contributed by atoms with van der Waals surface area (Å²) in [5.41, 5.74) is 4.75. The van der Waals surface area contributed by atoms with Crippen molar-refractivity contribution in [2.24, 2.45) is 5.92 Å². The molecule has 0 bridgehead atoms. The number of aromatic nitrogens is 2. The molecule has 3 atom stereocenters. The summed E-state index contributed by atoms with van der Waals surface area (Å²) in [7, 11) is 3.24. The van der Waals surface area contributed by atoms with Crippen LogP contribution in [0.1, 0.15) is 24.8 Å². The molecule has 0 spiro atoms. The number of carbonyl (C=O) groups excluding carboxylic acids is 2. The van der Waals surface area contributed by atoms with Crippen LogP contribution in [0.5, 0.6) is 0 Å². The Balaban J connectivity index is 1.61. The molecule has 9 nitrogen and oxygen atoms in total. The Hall–Kier alpha value is -3.35. The normalized spacial score (nSPS) is 22.4. The summed E-state index contributed by atoms with van der Waals surface area (Å²) in [5.74, 6) is -2.21. The summed E-state index contributed by atoms with van der Waals surface area (Å²) in [4.78, 5) is 39.0. The van der Waals surface area contributed by atoms with Gasteiger partial charge in [-0.25, -0.2) is 9.97 Å². The van der Waals surface area contributed by atoms with Crippen molar-refractivity contribution in [2.75, 3.05) is 49.7 Å². The molecule has 0 saturated carbocycles. The molecule has 0 radical (unpaired) electrons. The Morgan fingerprint density at radius 3 is 2.61 bits per heavy atom. The molecule has 38 heavy (non-hydrogen) atoms. The van der Waals surface area contributed by atoms with Crippen molar-refractivity contribution in [3.05, 3.63) is 40.9 Å². The number of rotatable bonds is 5. The third-order valence-electron chi connectivity index (χ3n) is 6.88. The Morgan fingerprint density at radius 2 is 1.92 bits per heavy atom. The lowest BCUT2D eigenvalue weighted by atomic mass is 9.87. The number of nitrogens with two attached hydrogens (primary N) is 1. The number of nitrogens with zero attached hydrogens (tertiary/aromatic N) is 5. The quantitative estimate of drug-likeness (QED) is 0.543. The fraction of sp³-hybridized carbons (Fsp3) is 0.500. The average Bonchev–Trinajstić information content (AvgIpc) is 2.85. The van der Waals surface area contributed by atoms with Crippen molar-refractivity contribution in [1.29, 1.82) is 0 Å². The first kappa shape index (κ1) is 27.7. The Bertz CT molecular complexity index is 1210. The topological polar surface area (TPSA) is 108 Å². The number of amides is 2. The van der Waals surface area contributed by atoms with Gasteiger partial charge < -0.3 is 25.8 Å². The summed E-state index contributed by atoms with van der Waals surface area (Å²) in [6.07, 6.45) is -2.20. The maximum atomic E-state index is 14.7. The Morgan fingerprint density at radius 1 is 1.18 bits per heavy atom. The highest BCUT2D eigenvalue weighted by molar-refractivity contribution is 6.31. The van der Waals surface area contributed by atoms with Crippen LogP contribution in [0, 0.1) is 11.7 Å². The van der Waals surface area contributed by atoms with Gasteiger partial charge in [-0.2, -0.15) is 17.6 Å². The van der Waals surface area contributed by atoms with E-state index in [9.17, 15) is 27.2 Å². The third kappa shape index (κ3) is 5.71. The summed E-state index contributed by atoms with van der Waals surface area (Å²) >= 11 is 5.91. The number of piperidine rings is 2. The van der Waals surface area contributed by atoms with E-state index in [0.717, 1.165) is 18.5 Å². The molecule has 2 amide bonds. The maximum Gasteiger partial charge on any atom is 0.416 e. The number of likely N-dealkylation sites (tertiary alicyclic amines) is 1. The van der Waals surface area contributed by atoms with Crippen LogP contribution in [-0.4, -0.2) is 77.4 Å². The van der Waals surface area contributed by atoms with Gasteiger partial charge in [-0.1, -0.05) is 11.6 Å². The van der Waals surface area contributed by atoms with Gasteiger partial charge in [0.15, 0.2) is 11.6 Å². The molecule has 4 rings (SSSR count). The fourth-order valence-corrected chi connectivity index (χ4v) is 5.29. The number of hydrogen-bond acceptors (Lipinski definition) is 7. The molecule has 2 saturated heterocycles. The zero-order valence-electron chi connectivity index (χ0n) is 20.8. The number of halogens is 5. The zero-order valence-corrected chi connectivity index (χ0v) is 21.6. The van der Waals surface area contributed by atoms with Crippen molar-refractivity contribution >= 4 is 40.7 Å². The van der Waals surface area contributed by atoms with E-state index >= 15 is 0 Å². The molecular formula is C24H28ClF4N7O2. The van der Waals surface area contributed by atoms with Crippen molar-refractivity contribution in [1.82, 2.24) is 19.8 Å². The molecule has 3 N–H and O–H groups in total. The second-order valence-corrected chi connectivity index (χ2v) is 10.1. The Kier molecular flexibility index (Phi) is 7.86. The van der Waals surface area contributed by atoms with Crippen LogP contribution >= 0.6 is 11.6 Å². The maximum absolute atomic E-state index is 14.7. The van der Waals surface area contributed by atoms with E-state index in [1.807, 2.05) is 0 Å². The van der Waals surface area contributed by atoms with Gasteiger partial charge in [-0.05, 0) is 37.5 Å². The summed E-state index contributed by atoms with van der Waals surface area (Å²) in [6, 6.07) is 1.58. The number of hydrogen-bond donors (Lipinski definition) is 2. The van der Waals surface area contributed by atoms with E-state index in [1.54, 1.807) is 23.9 Å². The highest BCUT2D eigenvalue weighted by Crippen LogP contribution is 2.35. The van der Waals surface area contributed by atoms with Crippen LogP contribution in [0.4, 0.5) is 34.9 Å². The highest BCUT2D eigenvalue weighted by atomic mass is 35.5. The van der Waals surface area contributed by atoms with Crippen LogP contribution in [-0.2, 0) is 15.8 Å². The molecule has 2 aliphatic heterocycles. The number of benzene rings is 1. The minimum Gasteiger partial charge on any atom is -0.381 e. The standard InChI is InChI=1S/C24H28ClF4N7O2/c1-34(2)22(37)16-5-7-35(21-19(26)20(30)31-12-32-21)11-18(16)36-6-3-4-17(23(36)38)33-15-9-13(24(27,28)29)8-14(25)10-15/h8-10,12,16-18,33H,3-7,11H2,1-2H3,(H2,30,31,32)/t16?,17-,18?/m1/s1. The Labute approximate surface area is 221 Å². The lowest BCUT2D eigenvalue weighted by Crippen LogP contribution is -2.62. The number of nitrogen functional groups attached to an aromatic ring is 1. The predicted molar refractivity (Wildman–Crippen MR) is 134 cm³/mol. The monoisotopic (exact) mass is 557 g/mol. The van der Waals surface area contributed by atoms with E-state index in [2.05, 4.69) is 15.3 Å². The van der Waals surface area contributed by atoms with Crippen LogP contribution in [0.3, 0.4) is 0 Å². The first-order chi connectivity index (χ1) is 17.9. The summed E-state index contributed by atoms with van der Waals surface area (Å²) < 4.78 is 54.5. The first-order valence-electron chi connectivity index (χ1n) is 12.0. The average molecular weight is 558 g/mol. The third-order valence-corrected chi connectivity index (χ3v) is 7.10. The number of alkyl halides is 3. The van der Waals surface area contributed by atoms with Crippen LogP contribution in [0.25, 0.3) is 0 Å². The molecule has 2 unspecified atom stereocenters. The van der Waals surface area contributed by atoms with Crippen molar-refractivity contribution < 1.29 is 27.2 Å². The van der Waals surface area contributed by atoms with Crippen LogP contribution < -0.4 is 16.0 Å². The smallest absolute Gasteiger partial charge is 0.381 e. The van der Waals surface area contributed by atoms with Gasteiger partial charge in [-0.15, -0.1) is 0 Å². The first-order valence-corrected chi connectivity index (χ1v) is 12.4. The molecule has 14 heteroatoms. The van der Waals surface area contributed by atoms with E-state index in [0.29, 0.717) is 32.4 Å². The van der Waals surface area contributed by atoms with E-state index < -0.39 is 35.6 Å². The summed E-state index contributed by atoms with van der Waals surface area (Å²) in [6.45, 7) is 0.760. The van der Waals surface area contributed by atoms with Gasteiger partial charge in [0.2, 0.25) is 17.6 Å². The van der Waals surface area contributed by atoms with Gasteiger partial charge >= 0.3 is 6.18 Å². The summed E-state index contributed by atoms with van der Waals surface area (Å²) in [5, 5.41) is 2.78.